The van der Waals surface area contributed by atoms with E-state index in [0.29, 0.717) is 12.1 Å². The zero-order chi connectivity index (χ0) is 19.2. The molecular weight excluding hydrogens is 330 g/mol. The third-order valence-electron chi connectivity index (χ3n) is 3.94. The van der Waals surface area contributed by atoms with Crippen LogP contribution in [0.5, 0.6) is 5.75 Å². The summed E-state index contributed by atoms with van der Waals surface area (Å²) in [5.74, 6) is -0.142. The molecule has 0 saturated heterocycles. The van der Waals surface area contributed by atoms with Crippen molar-refractivity contribution in [3.8, 4) is 5.75 Å². The van der Waals surface area contributed by atoms with E-state index in [-0.39, 0.29) is 17.9 Å². The van der Waals surface area contributed by atoms with Gasteiger partial charge in [0.2, 0.25) is 0 Å². The molecule has 0 aliphatic heterocycles. The lowest BCUT2D eigenvalue weighted by Gasteiger charge is -2.18. The van der Waals surface area contributed by atoms with Crippen molar-refractivity contribution < 1.29 is 19.1 Å². The monoisotopic (exact) mass is 355 g/mol. The topological polar surface area (TPSA) is 64.6 Å². The van der Waals surface area contributed by atoms with Crippen LogP contribution in [0.25, 0.3) is 0 Å². The summed E-state index contributed by atoms with van der Waals surface area (Å²) in [4.78, 5) is 23.9. The molecule has 2 rings (SSSR count). The van der Waals surface area contributed by atoms with Crippen LogP contribution in [0.15, 0.2) is 48.5 Å². The van der Waals surface area contributed by atoms with Gasteiger partial charge in [-0.15, -0.1) is 0 Å². The number of amides is 1. The van der Waals surface area contributed by atoms with Gasteiger partial charge >= 0.3 is 5.97 Å². The normalized spacial score (nSPS) is 10.9. The number of esters is 1. The summed E-state index contributed by atoms with van der Waals surface area (Å²) in [6.07, 6.45) is 0. The van der Waals surface area contributed by atoms with Crippen molar-refractivity contribution in [3.63, 3.8) is 0 Å². The van der Waals surface area contributed by atoms with Crippen LogP contribution in [0.2, 0.25) is 0 Å². The number of hydrogen-bond donors (Lipinski definition) is 1. The largest absolute Gasteiger partial charge is 0.497 e. The first-order valence-corrected chi connectivity index (χ1v) is 8.47. The van der Waals surface area contributed by atoms with Crippen molar-refractivity contribution in [2.75, 3.05) is 13.7 Å². The van der Waals surface area contributed by atoms with E-state index in [1.807, 2.05) is 36.4 Å². The molecule has 0 atom stereocenters. The molecule has 0 aliphatic rings. The second kappa shape index (κ2) is 8.52. The maximum Gasteiger partial charge on any atom is 0.338 e. The Morgan fingerprint density at radius 2 is 1.73 bits per heavy atom. The average molecular weight is 355 g/mol. The van der Waals surface area contributed by atoms with Gasteiger partial charge in [-0.2, -0.15) is 0 Å². The van der Waals surface area contributed by atoms with E-state index in [0.717, 1.165) is 16.9 Å². The van der Waals surface area contributed by atoms with Crippen LogP contribution in [0.1, 0.15) is 42.3 Å². The number of nitrogens with one attached hydrogen (secondary N) is 1. The van der Waals surface area contributed by atoms with Gasteiger partial charge in [0.1, 0.15) is 5.75 Å². The number of methoxy groups -OCH3 is 1. The molecule has 2 aromatic carbocycles. The van der Waals surface area contributed by atoms with Crippen molar-refractivity contribution in [1.82, 2.24) is 5.32 Å². The van der Waals surface area contributed by atoms with Gasteiger partial charge in [-0.1, -0.05) is 45.0 Å². The minimum absolute atomic E-state index is 0.0163. The highest BCUT2D eigenvalue weighted by Crippen LogP contribution is 2.22. The number of benzene rings is 2. The van der Waals surface area contributed by atoms with Gasteiger partial charge in [-0.05, 0) is 40.8 Å². The Morgan fingerprint density at radius 3 is 2.35 bits per heavy atom. The van der Waals surface area contributed by atoms with Crippen LogP contribution < -0.4 is 10.1 Å². The van der Waals surface area contributed by atoms with Crippen LogP contribution in [0.4, 0.5) is 0 Å². The molecule has 26 heavy (non-hydrogen) atoms. The highest BCUT2D eigenvalue weighted by Gasteiger charge is 2.15. The predicted octanol–water partition coefficient (Wildman–Crippen LogP) is 3.47. The molecule has 0 heterocycles. The Kier molecular flexibility index (Phi) is 6.39. The molecule has 1 N–H and O–H groups in total. The summed E-state index contributed by atoms with van der Waals surface area (Å²) in [6.45, 7) is 6.34. The molecule has 2 aromatic rings. The maximum atomic E-state index is 12.0. The van der Waals surface area contributed by atoms with E-state index in [1.54, 1.807) is 19.2 Å². The van der Waals surface area contributed by atoms with Crippen LogP contribution in [0.3, 0.4) is 0 Å². The fourth-order valence-electron chi connectivity index (χ4n) is 2.35. The van der Waals surface area contributed by atoms with Gasteiger partial charge in [-0.25, -0.2) is 4.79 Å². The first-order chi connectivity index (χ1) is 12.3. The molecule has 138 valence electrons. The highest BCUT2D eigenvalue weighted by molar-refractivity contribution is 5.91. The van der Waals surface area contributed by atoms with E-state index in [2.05, 4.69) is 26.1 Å². The molecule has 0 aromatic heterocycles. The Balaban J connectivity index is 1.82. The van der Waals surface area contributed by atoms with Crippen molar-refractivity contribution in [3.05, 3.63) is 65.2 Å². The van der Waals surface area contributed by atoms with Crippen LogP contribution in [-0.4, -0.2) is 25.6 Å². The number of carbonyl (C=O) groups is 2. The summed E-state index contributed by atoms with van der Waals surface area (Å²) in [5, 5.41) is 2.71. The van der Waals surface area contributed by atoms with Gasteiger partial charge in [-0.3, -0.25) is 4.79 Å². The molecule has 5 heteroatoms. The molecule has 1 amide bonds. The van der Waals surface area contributed by atoms with Crippen molar-refractivity contribution in [2.24, 2.45) is 0 Å². The Morgan fingerprint density at radius 1 is 1.04 bits per heavy atom. The molecule has 5 nitrogen and oxygen atoms in total. The first-order valence-electron chi connectivity index (χ1n) is 8.47. The zero-order valence-corrected chi connectivity index (χ0v) is 15.7. The fourth-order valence-corrected chi connectivity index (χ4v) is 2.35. The molecule has 0 aliphatic carbocycles. The minimum Gasteiger partial charge on any atom is -0.497 e. The maximum absolute atomic E-state index is 12.0. The predicted molar refractivity (Wildman–Crippen MR) is 100 cm³/mol. The average Bonchev–Trinajstić information content (AvgIpc) is 2.64. The molecule has 0 bridgehead atoms. The molecule has 0 radical (unpaired) electrons. The quantitative estimate of drug-likeness (QED) is 0.806. The van der Waals surface area contributed by atoms with Crippen LogP contribution in [-0.2, 0) is 21.5 Å². The summed E-state index contributed by atoms with van der Waals surface area (Å²) in [5.41, 5.74) is 2.48. The molecule has 0 spiro atoms. The first kappa shape index (κ1) is 19.5. The zero-order valence-electron chi connectivity index (χ0n) is 15.7. The van der Waals surface area contributed by atoms with E-state index in [9.17, 15) is 9.59 Å². The highest BCUT2D eigenvalue weighted by atomic mass is 16.5. The Hall–Kier alpha value is -2.82. The van der Waals surface area contributed by atoms with Gasteiger partial charge in [0.15, 0.2) is 6.61 Å². The lowest BCUT2D eigenvalue weighted by Crippen LogP contribution is -2.28. The summed E-state index contributed by atoms with van der Waals surface area (Å²) >= 11 is 0. The summed E-state index contributed by atoms with van der Waals surface area (Å²) in [7, 11) is 1.59. The standard InChI is InChI=1S/C21H25NO4/c1-21(2,3)17-10-8-16(9-11-17)20(24)26-14-19(23)22-13-15-6-5-7-18(12-15)25-4/h5-12H,13-14H2,1-4H3,(H,22,23). The molecule has 0 fully saturated rings. The second-order valence-corrected chi connectivity index (χ2v) is 7.03. The van der Waals surface area contributed by atoms with Crippen LogP contribution in [0, 0.1) is 0 Å². The van der Waals surface area contributed by atoms with Gasteiger partial charge in [0.25, 0.3) is 5.91 Å². The van der Waals surface area contributed by atoms with E-state index < -0.39 is 5.97 Å². The number of rotatable bonds is 6. The lowest BCUT2D eigenvalue weighted by atomic mass is 9.87. The van der Waals surface area contributed by atoms with Crippen molar-refractivity contribution >= 4 is 11.9 Å². The Labute approximate surface area is 154 Å². The van der Waals surface area contributed by atoms with Gasteiger partial charge in [0.05, 0.1) is 12.7 Å². The SMILES string of the molecule is COc1cccc(CNC(=O)COC(=O)c2ccc(C(C)(C)C)cc2)c1. The van der Waals surface area contributed by atoms with E-state index in [4.69, 9.17) is 9.47 Å². The fraction of sp³-hybridized carbons (Fsp3) is 0.333. The number of hydrogen-bond acceptors (Lipinski definition) is 4. The van der Waals surface area contributed by atoms with E-state index in [1.165, 1.54) is 0 Å². The van der Waals surface area contributed by atoms with Crippen LogP contribution >= 0.6 is 0 Å². The summed E-state index contributed by atoms with van der Waals surface area (Å²) < 4.78 is 10.2. The molecular formula is C21H25NO4. The summed E-state index contributed by atoms with van der Waals surface area (Å²) in [6, 6.07) is 14.6. The number of carbonyl (C=O) groups excluding carboxylic acids is 2. The minimum atomic E-state index is -0.512. The molecule has 0 unspecified atom stereocenters. The smallest absolute Gasteiger partial charge is 0.338 e. The van der Waals surface area contributed by atoms with Gasteiger partial charge in [0, 0.05) is 6.54 Å². The number of ether oxygens (including phenoxy) is 2. The van der Waals surface area contributed by atoms with Crippen molar-refractivity contribution in [2.45, 2.75) is 32.7 Å². The Bertz CT molecular complexity index is 760. The van der Waals surface area contributed by atoms with E-state index >= 15 is 0 Å². The third-order valence-corrected chi connectivity index (χ3v) is 3.94. The third kappa shape index (κ3) is 5.62. The lowest BCUT2D eigenvalue weighted by molar-refractivity contribution is -0.124. The molecule has 0 saturated carbocycles. The van der Waals surface area contributed by atoms with Crippen molar-refractivity contribution in [1.29, 1.82) is 0 Å². The van der Waals surface area contributed by atoms with Gasteiger partial charge < -0.3 is 14.8 Å². The second-order valence-electron chi connectivity index (χ2n) is 7.03.